The fraction of sp³-hybridized carbons (Fsp3) is 0.125. The third-order valence-corrected chi connectivity index (χ3v) is 2.99. The number of carboxylic acid groups (broad SMARTS) is 1. The van der Waals surface area contributed by atoms with Gasteiger partial charge in [0.2, 0.25) is 0 Å². The summed E-state index contributed by atoms with van der Waals surface area (Å²) in [7, 11) is 0. The molecule has 0 aliphatic heterocycles. The number of rotatable bonds is 4. The fourth-order valence-corrected chi connectivity index (χ4v) is 1.88. The van der Waals surface area contributed by atoms with E-state index in [0.717, 1.165) is 0 Å². The number of hydrogen-bond donors (Lipinski definition) is 1. The first kappa shape index (κ1) is 14.5. The molecule has 0 aliphatic rings. The SMILES string of the molecule is Cc1cc(OCc2ccc(F)c(C#N)c2)ccc1C(=O)O. The Bertz CT molecular complexity index is 735. The third kappa shape index (κ3) is 3.37. The Balaban J connectivity index is 2.12. The minimum absolute atomic E-state index is 0.0338. The number of aryl methyl sites for hydroxylation is 1. The fourth-order valence-electron chi connectivity index (χ4n) is 1.88. The number of aromatic carboxylic acids is 1. The molecule has 0 atom stereocenters. The third-order valence-electron chi connectivity index (χ3n) is 2.99. The lowest BCUT2D eigenvalue weighted by Crippen LogP contribution is -2.01. The highest BCUT2D eigenvalue weighted by molar-refractivity contribution is 5.89. The predicted molar refractivity (Wildman–Crippen MR) is 73.6 cm³/mol. The molecular weight excluding hydrogens is 273 g/mol. The molecule has 1 N–H and O–H groups in total. The largest absolute Gasteiger partial charge is 0.489 e. The number of halogens is 1. The van der Waals surface area contributed by atoms with E-state index in [1.807, 2.05) is 0 Å². The maximum atomic E-state index is 13.2. The summed E-state index contributed by atoms with van der Waals surface area (Å²) in [5, 5.41) is 17.7. The van der Waals surface area contributed by atoms with Crippen molar-refractivity contribution in [1.29, 1.82) is 5.26 Å². The molecule has 21 heavy (non-hydrogen) atoms. The van der Waals surface area contributed by atoms with Gasteiger partial charge in [-0.1, -0.05) is 6.07 Å². The molecule has 5 heteroatoms. The van der Waals surface area contributed by atoms with Crippen LogP contribution in [0.25, 0.3) is 0 Å². The molecule has 2 aromatic carbocycles. The van der Waals surface area contributed by atoms with Crippen molar-refractivity contribution in [2.24, 2.45) is 0 Å². The number of nitrogens with zero attached hydrogens (tertiary/aromatic N) is 1. The van der Waals surface area contributed by atoms with Gasteiger partial charge in [-0.3, -0.25) is 0 Å². The van der Waals surface area contributed by atoms with E-state index < -0.39 is 11.8 Å². The second kappa shape index (κ2) is 6.06. The Labute approximate surface area is 121 Å². The van der Waals surface area contributed by atoms with Gasteiger partial charge in [0.25, 0.3) is 0 Å². The molecule has 0 aromatic heterocycles. The van der Waals surface area contributed by atoms with Gasteiger partial charge in [0.05, 0.1) is 11.1 Å². The lowest BCUT2D eigenvalue weighted by molar-refractivity contribution is 0.0696. The molecule has 0 bridgehead atoms. The van der Waals surface area contributed by atoms with Crippen LogP contribution in [0.5, 0.6) is 5.75 Å². The number of ether oxygens (including phenoxy) is 1. The van der Waals surface area contributed by atoms with Crippen molar-refractivity contribution in [2.75, 3.05) is 0 Å². The van der Waals surface area contributed by atoms with Crippen LogP contribution < -0.4 is 4.74 Å². The van der Waals surface area contributed by atoms with Gasteiger partial charge < -0.3 is 9.84 Å². The first-order valence-corrected chi connectivity index (χ1v) is 6.16. The zero-order valence-corrected chi connectivity index (χ0v) is 11.3. The maximum Gasteiger partial charge on any atom is 0.335 e. The van der Waals surface area contributed by atoms with Crippen molar-refractivity contribution in [3.63, 3.8) is 0 Å². The highest BCUT2D eigenvalue weighted by Gasteiger charge is 2.08. The molecule has 0 amide bonds. The summed E-state index contributed by atoms with van der Waals surface area (Å²) in [5.74, 6) is -1.04. The van der Waals surface area contributed by atoms with E-state index in [4.69, 9.17) is 15.1 Å². The standard InChI is InChI=1S/C16H12FNO3/c1-10-6-13(3-4-14(10)16(19)20)21-9-11-2-5-15(17)12(7-11)8-18/h2-7H,9H2,1H3,(H,19,20). The molecule has 0 radical (unpaired) electrons. The van der Waals surface area contributed by atoms with Crippen molar-refractivity contribution in [3.8, 4) is 11.8 Å². The summed E-state index contributed by atoms with van der Waals surface area (Å²) in [6, 6.07) is 10.6. The van der Waals surface area contributed by atoms with Crippen LogP contribution >= 0.6 is 0 Å². The summed E-state index contributed by atoms with van der Waals surface area (Å²) in [4.78, 5) is 10.9. The van der Waals surface area contributed by atoms with Crippen LogP contribution in [0.4, 0.5) is 4.39 Å². The lowest BCUT2D eigenvalue weighted by Gasteiger charge is -2.09. The highest BCUT2D eigenvalue weighted by atomic mass is 19.1. The van der Waals surface area contributed by atoms with Crippen LogP contribution in [-0.2, 0) is 6.61 Å². The van der Waals surface area contributed by atoms with Gasteiger partial charge in [0.1, 0.15) is 24.2 Å². The van der Waals surface area contributed by atoms with Crippen LogP contribution in [0, 0.1) is 24.1 Å². The number of hydrogen-bond acceptors (Lipinski definition) is 3. The predicted octanol–water partition coefficient (Wildman–Crippen LogP) is 3.28. The Morgan fingerprint density at radius 1 is 1.33 bits per heavy atom. The van der Waals surface area contributed by atoms with E-state index in [2.05, 4.69) is 0 Å². The average Bonchev–Trinajstić information content (AvgIpc) is 2.46. The van der Waals surface area contributed by atoms with Crippen LogP contribution in [0.1, 0.15) is 27.0 Å². The van der Waals surface area contributed by atoms with Gasteiger partial charge in [-0.2, -0.15) is 5.26 Å². The van der Waals surface area contributed by atoms with Crippen molar-refractivity contribution in [1.82, 2.24) is 0 Å². The minimum atomic E-state index is -0.990. The Morgan fingerprint density at radius 2 is 2.10 bits per heavy atom. The quantitative estimate of drug-likeness (QED) is 0.935. The van der Waals surface area contributed by atoms with Crippen molar-refractivity contribution in [3.05, 3.63) is 64.5 Å². The van der Waals surface area contributed by atoms with Gasteiger partial charge in [-0.05, 0) is 48.4 Å². The van der Waals surface area contributed by atoms with Gasteiger partial charge in [-0.15, -0.1) is 0 Å². The van der Waals surface area contributed by atoms with E-state index in [0.29, 0.717) is 16.9 Å². The molecule has 4 nitrogen and oxygen atoms in total. The van der Waals surface area contributed by atoms with Gasteiger partial charge in [-0.25, -0.2) is 9.18 Å². The molecule has 2 rings (SSSR count). The number of benzene rings is 2. The van der Waals surface area contributed by atoms with Crippen LogP contribution in [0.2, 0.25) is 0 Å². The molecule has 0 saturated heterocycles. The minimum Gasteiger partial charge on any atom is -0.489 e. The smallest absolute Gasteiger partial charge is 0.335 e. The van der Waals surface area contributed by atoms with Crippen molar-refractivity contribution >= 4 is 5.97 Å². The average molecular weight is 285 g/mol. The van der Waals surface area contributed by atoms with E-state index in [-0.39, 0.29) is 17.7 Å². The molecule has 0 heterocycles. The summed E-state index contributed by atoms with van der Waals surface area (Å²) in [6.45, 7) is 1.85. The van der Waals surface area contributed by atoms with Gasteiger partial charge in [0.15, 0.2) is 0 Å². The number of carboxylic acids is 1. The Morgan fingerprint density at radius 3 is 2.71 bits per heavy atom. The van der Waals surface area contributed by atoms with Gasteiger partial charge in [0, 0.05) is 0 Å². The molecule has 0 unspecified atom stereocenters. The van der Waals surface area contributed by atoms with Crippen LogP contribution in [-0.4, -0.2) is 11.1 Å². The first-order valence-electron chi connectivity index (χ1n) is 6.16. The van der Waals surface area contributed by atoms with E-state index in [1.54, 1.807) is 25.1 Å². The van der Waals surface area contributed by atoms with Crippen molar-refractivity contribution < 1.29 is 19.0 Å². The maximum absolute atomic E-state index is 13.2. The van der Waals surface area contributed by atoms with Crippen LogP contribution in [0.3, 0.4) is 0 Å². The summed E-state index contributed by atoms with van der Waals surface area (Å²) in [6.07, 6.45) is 0. The molecule has 106 valence electrons. The summed E-state index contributed by atoms with van der Waals surface area (Å²) < 4.78 is 18.7. The summed E-state index contributed by atoms with van der Waals surface area (Å²) >= 11 is 0. The molecule has 2 aromatic rings. The topological polar surface area (TPSA) is 70.3 Å². The second-order valence-corrected chi connectivity index (χ2v) is 4.50. The first-order chi connectivity index (χ1) is 10.0. The molecule has 0 fully saturated rings. The molecule has 0 aliphatic carbocycles. The Kier molecular flexibility index (Phi) is 4.19. The Hall–Kier alpha value is -2.87. The normalized spacial score (nSPS) is 9.95. The zero-order valence-electron chi connectivity index (χ0n) is 11.3. The van der Waals surface area contributed by atoms with Crippen molar-refractivity contribution in [2.45, 2.75) is 13.5 Å². The number of carbonyl (C=O) groups is 1. The molecule has 0 spiro atoms. The lowest BCUT2D eigenvalue weighted by atomic mass is 10.1. The van der Waals surface area contributed by atoms with Crippen LogP contribution in [0.15, 0.2) is 36.4 Å². The summed E-state index contributed by atoms with van der Waals surface area (Å²) in [5.41, 5.74) is 1.44. The highest BCUT2D eigenvalue weighted by Crippen LogP contribution is 2.19. The zero-order chi connectivity index (χ0) is 15.4. The monoisotopic (exact) mass is 285 g/mol. The van der Waals surface area contributed by atoms with Gasteiger partial charge >= 0.3 is 5.97 Å². The number of nitriles is 1. The van der Waals surface area contributed by atoms with E-state index in [9.17, 15) is 9.18 Å². The van der Waals surface area contributed by atoms with E-state index >= 15 is 0 Å². The molecular formula is C16H12FNO3. The molecule has 0 saturated carbocycles. The second-order valence-electron chi connectivity index (χ2n) is 4.50. The van der Waals surface area contributed by atoms with E-state index in [1.165, 1.54) is 24.3 Å².